The zero-order chi connectivity index (χ0) is 13.8. The van der Waals surface area contributed by atoms with Crippen LogP contribution in [0.5, 0.6) is 0 Å². The molecule has 0 radical (unpaired) electrons. The highest BCUT2D eigenvalue weighted by Gasteiger charge is 2.46. The summed E-state index contributed by atoms with van der Waals surface area (Å²) in [6.45, 7) is 2.64. The molecule has 2 rings (SSSR count). The number of hydrogen-bond acceptors (Lipinski definition) is 4. The van der Waals surface area contributed by atoms with E-state index in [1.807, 2.05) is 30.3 Å². The normalized spacial score (nSPS) is 22.6. The van der Waals surface area contributed by atoms with Gasteiger partial charge in [-0.1, -0.05) is 30.3 Å². The molecule has 5 heteroatoms. The lowest BCUT2D eigenvalue weighted by Crippen LogP contribution is -2.36. The monoisotopic (exact) mass is 262 g/mol. The van der Waals surface area contributed by atoms with Gasteiger partial charge in [0, 0.05) is 6.54 Å². The fourth-order valence-corrected chi connectivity index (χ4v) is 2.16. The predicted molar refractivity (Wildman–Crippen MR) is 70.3 cm³/mol. The van der Waals surface area contributed by atoms with E-state index in [1.54, 1.807) is 11.8 Å². The fraction of sp³-hybridized carbons (Fsp3) is 0.429. The van der Waals surface area contributed by atoms with E-state index in [2.05, 4.69) is 0 Å². The molecular weight excluding hydrogens is 244 g/mol. The fourth-order valence-electron chi connectivity index (χ4n) is 2.16. The quantitative estimate of drug-likeness (QED) is 0.592. The van der Waals surface area contributed by atoms with Gasteiger partial charge in [0.2, 0.25) is 5.91 Å². The van der Waals surface area contributed by atoms with Gasteiger partial charge in [-0.05, 0) is 18.9 Å². The molecule has 19 heavy (non-hydrogen) atoms. The van der Waals surface area contributed by atoms with Crippen molar-refractivity contribution in [3.8, 4) is 0 Å². The molecule has 1 fully saturated rings. The van der Waals surface area contributed by atoms with Crippen molar-refractivity contribution in [3.63, 3.8) is 0 Å². The van der Waals surface area contributed by atoms with E-state index in [4.69, 9.17) is 10.5 Å². The summed E-state index contributed by atoms with van der Waals surface area (Å²) < 4.78 is 5.07. The number of hydrogen-bond donors (Lipinski definition) is 1. The van der Waals surface area contributed by atoms with Gasteiger partial charge < -0.3 is 10.5 Å². The van der Waals surface area contributed by atoms with E-state index in [1.165, 1.54) is 0 Å². The van der Waals surface area contributed by atoms with Gasteiger partial charge in [0.15, 0.2) is 0 Å². The molecule has 0 saturated carbocycles. The van der Waals surface area contributed by atoms with E-state index in [-0.39, 0.29) is 17.9 Å². The third kappa shape index (κ3) is 3.32. The van der Waals surface area contributed by atoms with Crippen LogP contribution in [0.4, 0.5) is 0 Å². The number of carbonyl (C=O) groups is 2. The SMILES string of the molecule is CCOC(=O)C(Cc1ccccc1)N1CC1C(N)=O. The molecule has 0 aromatic heterocycles. The van der Waals surface area contributed by atoms with Gasteiger partial charge in [-0.25, -0.2) is 0 Å². The zero-order valence-electron chi connectivity index (χ0n) is 10.9. The Balaban J connectivity index is 2.07. The van der Waals surface area contributed by atoms with Gasteiger partial charge >= 0.3 is 5.97 Å². The molecule has 1 heterocycles. The number of primary amides is 1. The first-order valence-corrected chi connectivity index (χ1v) is 6.39. The Hall–Kier alpha value is -1.88. The molecule has 2 N–H and O–H groups in total. The number of carbonyl (C=O) groups excluding carboxylic acids is 2. The molecule has 1 aromatic carbocycles. The highest BCUT2D eigenvalue weighted by atomic mass is 16.5. The Morgan fingerprint density at radius 2 is 2.11 bits per heavy atom. The van der Waals surface area contributed by atoms with Crippen LogP contribution in [0.1, 0.15) is 12.5 Å². The molecule has 3 unspecified atom stereocenters. The highest BCUT2D eigenvalue weighted by molar-refractivity contribution is 5.85. The van der Waals surface area contributed by atoms with Crippen LogP contribution in [0.3, 0.4) is 0 Å². The van der Waals surface area contributed by atoms with E-state index in [0.717, 1.165) is 5.56 Å². The highest BCUT2D eigenvalue weighted by Crippen LogP contribution is 2.24. The van der Waals surface area contributed by atoms with Crippen molar-refractivity contribution >= 4 is 11.9 Å². The molecule has 3 atom stereocenters. The van der Waals surface area contributed by atoms with Crippen molar-refractivity contribution in [3.05, 3.63) is 35.9 Å². The largest absolute Gasteiger partial charge is 0.465 e. The average molecular weight is 262 g/mol. The Labute approximate surface area is 112 Å². The Morgan fingerprint density at radius 1 is 1.42 bits per heavy atom. The first-order valence-electron chi connectivity index (χ1n) is 6.39. The number of nitrogens with two attached hydrogens (primary N) is 1. The van der Waals surface area contributed by atoms with E-state index in [0.29, 0.717) is 19.6 Å². The molecule has 1 amide bonds. The van der Waals surface area contributed by atoms with E-state index in [9.17, 15) is 9.59 Å². The number of amides is 1. The first-order chi connectivity index (χ1) is 9.13. The van der Waals surface area contributed by atoms with Gasteiger partial charge in [-0.3, -0.25) is 14.5 Å². The third-order valence-corrected chi connectivity index (χ3v) is 3.21. The van der Waals surface area contributed by atoms with Crippen LogP contribution < -0.4 is 5.73 Å². The topological polar surface area (TPSA) is 72.4 Å². The average Bonchev–Trinajstić information content (AvgIpc) is 3.17. The van der Waals surface area contributed by atoms with Gasteiger partial charge in [0.05, 0.1) is 6.61 Å². The first kappa shape index (κ1) is 13.5. The van der Waals surface area contributed by atoms with Gasteiger partial charge in [-0.2, -0.15) is 0 Å². The molecule has 1 aliphatic rings. The molecule has 0 spiro atoms. The zero-order valence-corrected chi connectivity index (χ0v) is 10.9. The van der Waals surface area contributed by atoms with Crippen LogP contribution in [0.25, 0.3) is 0 Å². The summed E-state index contributed by atoms with van der Waals surface area (Å²) in [6.07, 6.45) is 0.531. The molecule has 1 aromatic rings. The second-order valence-electron chi connectivity index (χ2n) is 4.57. The van der Waals surface area contributed by atoms with Crippen molar-refractivity contribution in [2.45, 2.75) is 25.4 Å². The van der Waals surface area contributed by atoms with Crippen molar-refractivity contribution < 1.29 is 14.3 Å². The molecule has 0 aliphatic carbocycles. The maximum absolute atomic E-state index is 12.0. The summed E-state index contributed by atoms with van der Waals surface area (Å²) in [6, 6.07) is 8.91. The Bertz CT molecular complexity index is 461. The molecule has 102 valence electrons. The lowest BCUT2D eigenvalue weighted by Gasteiger charge is -2.17. The lowest BCUT2D eigenvalue weighted by molar-refractivity contribution is -0.147. The number of ether oxygens (including phenoxy) is 1. The Kier molecular flexibility index (Phi) is 4.16. The van der Waals surface area contributed by atoms with E-state index >= 15 is 0 Å². The number of esters is 1. The van der Waals surface area contributed by atoms with Crippen molar-refractivity contribution in [2.24, 2.45) is 5.73 Å². The Morgan fingerprint density at radius 3 is 2.63 bits per heavy atom. The van der Waals surface area contributed by atoms with Gasteiger partial charge in [0.1, 0.15) is 12.1 Å². The van der Waals surface area contributed by atoms with Crippen molar-refractivity contribution in [1.82, 2.24) is 4.90 Å². The summed E-state index contributed by atoms with van der Waals surface area (Å²) in [7, 11) is 0. The molecule has 1 saturated heterocycles. The minimum Gasteiger partial charge on any atom is -0.465 e. The molecule has 5 nitrogen and oxygen atoms in total. The maximum atomic E-state index is 12.0. The molecule has 0 bridgehead atoms. The van der Waals surface area contributed by atoms with Gasteiger partial charge in [-0.15, -0.1) is 0 Å². The molecule has 1 aliphatic heterocycles. The van der Waals surface area contributed by atoms with Crippen LogP contribution in [-0.2, 0) is 20.7 Å². The minimum atomic E-state index is -0.431. The van der Waals surface area contributed by atoms with Crippen molar-refractivity contribution in [2.75, 3.05) is 13.2 Å². The standard InChI is InChI=1S/C14H18N2O3/c1-2-19-14(18)11(16-9-12(16)13(15)17)8-10-6-4-3-5-7-10/h3-7,11-12H,2,8-9H2,1H3,(H2,15,17). The third-order valence-electron chi connectivity index (χ3n) is 3.21. The lowest BCUT2D eigenvalue weighted by atomic mass is 10.1. The van der Waals surface area contributed by atoms with Crippen LogP contribution in [0, 0.1) is 0 Å². The summed E-state index contributed by atoms with van der Waals surface area (Å²) in [4.78, 5) is 24.9. The van der Waals surface area contributed by atoms with E-state index < -0.39 is 6.04 Å². The number of nitrogens with zero attached hydrogens (tertiary/aromatic N) is 1. The summed E-state index contributed by atoms with van der Waals surface area (Å²) >= 11 is 0. The molecular formula is C14H18N2O3. The summed E-state index contributed by atoms with van der Waals surface area (Å²) in [5.41, 5.74) is 6.30. The smallest absolute Gasteiger partial charge is 0.323 e. The maximum Gasteiger partial charge on any atom is 0.323 e. The van der Waals surface area contributed by atoms with Crippen LogP contribution in [0.15, 0.2) is 30.3 Å². The van der Waals surface area contributed by atoms with Crippen LogP contribution >= 0.6 is 0 Å². The van der Waals surface area contributed by atoms with Crippen LogP contribution in [0.2, 0.25) is 0 Å². The second kappa shape index (κ2) is 5.84. The van der Waals surface area contributed by atoms with Gasteiger partial charge in [0.25, 0.3) is 0 Å². The summed E-state index contributed by atoms with van der Waals surface area (Å²) in [5.74, 6) is -0.683. The predicted octanol–water partition coefficient (Wildman–Crippen LogP) is 0.330. The number of benzene rings is 1. The van der Waals surface area contributed by atoms with Crippen LogP contribution in [-0.4, -0.2) is 42.0 Å². The summed E-state index contributed by atoms with van der Waals surface area (Å²) in [5, 5.41) is 0. The van der Waals surface area contributed by atoms with Crippen molar-refractivity contribution in [1.29, 1.82) is 0 Å². The minimum absolute atomic E-state index is 0.296. The number of rotatable bonds is 6. The second-order valence-corrected chi connectivity index (χ2v) is 4.57.